The van der Waals surface area contributed by atoms with Gasteiger partial charge in [0.05, 0.1) is 0 Å². The summed E-state index contributed by atoms with van der Waals surface area (Å²) in [5, 5.41) is 0. The Balaban J connectivity index is 2.73. The van der Waals surface area contributed by atoms with E-state index < -0.39 is 0 Å². The molecule has 0 saturated carbocycles. The summed E-state index contributed by atoms with van der Waals surface area (Å²) in [5.74, 6) is 0.995. The van der Waals surface area contributed by atoms with Gasteiger partial charge < -0.3 is 5.73 Å². The number of nitrogens with two attached hydrogens (primary N) is 1. The first-order chi connectivity index (χ1) is 6.40. The van der Waals surface area contributed by atoms with Crippen LogP contribution in [0.25, 0.3) is 0 Å². The highest BCUT2D eigenvalue weighted by atomic mass is 79.9. The highest BCUT2D eigenvalue weighted by molar-refractivity contribution is 9.10. The molecular weight excluding hydrogens is 258 g/mol. The van der Waals surface area contributed by atoms with E-state index in [-0.39, 0.29) is 0 Å². The van der Waals surface area contributed by atoms with E-state index in [0.29, 0.717) is 4.75 Å². The molecule has 0 bridgehead atoms. The Labute approximate surface area is 98.6 Å². The number of hydrogen-bond acceptors (Lipinski definition) is 2. The third kappa shape index (κ3) is 3.54. The lowest BCUT2D eigenvalue weighted by Crippen LogP contribution is -2.07. The molecule has 0 aromatic heterocycles. The molecule has 0 aliphatic rings. The molecule has 0 atom stereocenters. The number of thioether (sulfide) groups is 1. The fraction of sp³-hybridized carbons (Fsp3) is 0.455. The SMILES string of the molecule is CC(C)(C)SCc1cccc(N)c1Br. The normalized spacial score (nSPS) is 11.7. The van der Waals surface area contributed by atoms with E-state index in [1.165, 1.54) is 5.56 Å². The lowest BCUT2D eigenvalue weighted by molar-refractivity contribution is 0.802. The van der Waals surface area contributed by atoms with Gasteiger partial charge in [0.15, 0.2) is 0 Å². The van der Waals surface area contributed by atoms with E-state index >= 15 is 0 Å². The van der Waals surface area contributed by atoms with E-state index in [4.69, 9.17) is 5.73 Å². The minimum atomic E-state index is 0.296. The molecule has 0 saturated heterocycles. The molecule has 0 aliphatic heterocycles. The molecule has 78 valence electrons. The first-order valence-corrected chi connectivity index (χ1v) is 6.35. The van der Waals surface area contributed by atoms with Crippen LogP contribution in [0.4, 0.5) is 5.69 Å². The van der Waals surface area contributed by atoms with Gasteiger partial charge in [-0.2, -0.15) is 11.8 Å². The molecule has 0 amide bonds. The summed E-state index contributed by atoms with van der Waals surface area (Å²) < 4.78 is 1.33. The van der Waals surface area contributed by atoms with Crippen molar-refractivity contribution in [2.45, 2.75) is 31.3 Å². The smallest absolute Gasteiger partial charge is 0.0461 e. The van der Waals surface area contributed by atoms with E-state index in [1.54, 1.807) is 0 Å². The van der Waals surface area contributed by atoms with E-state index in [9.17, 15) is 0 Å². The highest BCUT2D eigenvalue weighted by Crippen LogP contribution is 2.32. The van der Waals surface area contributed by atoms with E-state index in [0.717, 1.165) is 15.9 Å². The molecule has 1 nitrogen and oxygen atoms in total. The summed E-state index contributed by atoms with van der Waals surface area (Å²) in [6.45, 7) is 6.66. The number of nitrogen functional groups attached to an aromatic ring is 1. The van der Waals surface area contributed by atoms with Gasteiger partial charge in [-0.05, 0) is 27.6 Å². The van der Waals surface area contributed by atoms with Crippen LogP contribution in [-0.4, -0.2) is 4.75 Å². The topological polar surface area (TPSA) is 26.0 Å². The zero-order valence-corrected chi connectivity index (χ0v) is 11.2. The van der Waals surface area contributed by atoms with Gasteiger partial charge in [0.2, 0.25) is 0 Å². The molecule has 0 heterocycles. The molecule has 3 heteroatoms. The third-order valence-electron chi connectivity index (χ3n) is 1.77. The van der Waals surface area contributed by atoms with Gasteiger partial charge in [-0.3, -0.25) is 0 Å². The number of benzene rings is 1. The summed E-state index contributed by atoms with van der Waals surface area (Å²) in [7, 11) is 0. The summed E-state index contributed by atoms with van der Waals surface area (Å²) in [6.07, 6.45) is 0. The van der Waals surface area contributed by atoms with Crippen LogP contribution >= 0.6 is 27.7 Å². The molecule has 1 aromatic rings. The predicted octanol–water partition coefficient (Wildman–Crippen LogP) is 4.06. The van der Waals surface area contributed by atoms with Crippen LogP contribution in [0.15, 0.2) is 22.7 Å². The fourth-order valence-electron chi connectivity index (χ4n) is 1.01. The van der Waals surface area contributed by atoms with Gasteiger partial charge in [-0.25, -0.2) is 0 Å². The van der Waals surface area contributed by atoms with Gasteiger partial charge in [0.1, 0.15) is 0 Å². The van der Waals surface area contributed by atoms with Crippen LogP contribution in [0.2, 0.25) is 0 Å². The monoisotopic (exact) mass is 273 g/mol. The fourth-order valence-corrected chi connectivity index (χ4v) is 2.42. The standard InChI is InChI=1S/C11H16BrNS/c1-11(2,3)14-7-8-5-4-6-9(13)10(8)12/h4-6H,7,13H2,1-3H3. The molecule has 1 rings (SSSR count). The van der Waals surface area contributed by atoms with Crippen molar-refractivity contribution in [1.29, 1.82) is 0 Å². The Bertz CT molecular complexity index is 318. The largest absolute Gasteiger partial charge is 0.398 e. The Morgan fingerprint density at radius 3 is 2.57 bits per heavy atom. The Morgan fingerprint density at radius 2 is 2.00 bits per heavy atom. The quantitative estimate of drug-likeness (QED) is 0.823. The first-order valence-electron chi connectivity index (χ1n) is 4.57. The average molecular weight is 274 g/mol. The maximum atomic E-state index is 5.80. The predicted molar refractivity (Wildman–Crippen MR) is 69.6 cm³/mol. The van der Waals surface area contributed by atoms with Gasteiger partial charge in [0, 0.05) is 20.7 Å². The summed E-state index contributed by atoms with van der Waals surface area (Å²) in [5.41, 5.74) is 7.89. The molecule has 0 aliphatic carbocycles. The molecule has 0 spiro atoms. The van der Waals surface area contributed by atoms with Crippen LogP contribution in [0.5, 0.6) is 0 Å². The summed E-state index contributed by atoms with van der Waals surface area (Å²) >= 11 is 5.43. The van der Waals surface area contributed by atoms with Crippen molar-refractivity contribution < 1.29 is 0 Å². The van der Waals surface area contributed by atoms with Crippen molar-refractivity contribution in [2.75, 3.05) is 5.73 Å². The van der Waals surface area contributed by atoms with Crippen molar-refractivity contribution in [3.8, 4) is 0 Å². The van der Waals surface area contributed by atoms with Crippen molar-refractivity contribution in [3.63, 3.8) is 0 Å². The zero-order chi connectivity index (χ0) is 10.8. The van der Waals surface area contributed by atoms with Crippen molar-refractivity contribution in [2.24, 2.45) is 0 Å². The Kier molecular flexibility index (Phi) is 3.90. The number of hydrogen-bond donors (Lipinski definition) is 1. The number of rotatable bonds is 2. The average Bonchev–Trinajstić information content (AvgIpc) is 2.06. The highest BCUT2D eigenvalue weighted by Gasteiger charge is 2.12. The minimum absolute atomic E-state index is 0.296. The molecule has 1 aromatic carbocycles. The van der Waals surface area contributed by atoms with Gasteiger partial charge in [0.25, 0.3) is 0 Å². The second-order valence-corrected chi connectivity index (χ2v) is 6.82. The minimum Gasteiger partial charge on any atom is -0.398 e. The third-order valence-corrected chi connectivity index (χ3v) is 4.06. The lowest BCUT2D eigenvalue weighted by atomic mass is 10.2. The van der Waals surface area contributed by atoms with Gasteiger partial charge >= 0.3 is 0 Å². The summed E-state index contributed by atoms with van der Waals surface area (Å²) in [4.78, 5) is 0. The maximum absolute atomic E-state index is 5.80. The van der Waals surface area contributed by atoms with Crippen LogP contribution in [0.1, 0.15) is 26.3 Å². The summed E-state index contributed by atoms with van der Waals surface area (Å²) in [6, 6.07) is 6.02. The number of anilines is 1. The Hall–Kier alpha value is -0.150. The van der Waals surface area contributed by atoms with Crippen LogP contribution in [0, 0.1) is 0 Å². The molecule has 2 N–H and O–H groups in total. The zero-order valence-electron chi connectivity index (χ0n) is 8.80. The van der Waals surface area contributed by atoms with Crippen molar-refractivity contribution in [1.82, 2.24) is 0 Å². The van der Waals surface area contributed by atoms with Gasteiger partial charge in [-0.15, -0.1) is 0 Å². The van der Waals surface area contributed by atoms with Gasteiger partial charge in [-0.1, -0.05) is 32.9 Å². The lowest BCUT2D eigenvalue weighted by Gasteiger charge is -2.18. The number of halogens is 1. The second-order valence-electron chi connectivity index (χ2n) is 4.22. The van der Waals surface area contributed by atoms with E-state index in [1.807, 2.05) is 23.9 Å². The molecule has 0 radical (unpaired) electrons. The van der Waals surface area contributed by atoms with E-state index in [2.05, 4.69) is 42.8 Å². The maximum Gasteiger partial charge on any atom is 0.0461 e. The van der Waals surface area contributed by atoms with Crippen LogP contribution < -0.4 is 5.73 Å². The first kappa shape index (κ1) is 11.9. The van der Waals surface area contributed by atoms with Crippen molar-refractivity contribution >= 4 is 33.4 Å². The Morgan fingerprint density at radius 1 is 1.36 bits per heavy atom. The second kappa shape index (κ2) is 4.58. The van der Waals surface area contributed by atoms with Crippen LogP contribution in [0.3, 0.4) is 0 Å². The molecule has 0 fully saturated rings. The molecule has 14 heavy (non-hydrogen) atoms. The molecular formula is C11H16BrNS. The van der Waals surface area contributed by atoms with Crippen LogP contribution in [-0.2, 0) is 5.75 Å². The molecule has 0 unspecified atom stereocenters. The van der Waals surface area contributed by atoms with Crippen molar-refractivity contribution in [3.05, 3.63) is 28.2 Å².